The number of nitrogens with zero attached hydrogens (tertiary/aromatic N) is 2. The molecule has 0 aliphatic rings. The molecule has 2 heterocycles. The zero-order valence-corrected chi connectivity index (χ0v) is 14.2. The molecular formula is C17H17N3O3S. The van der Waals surface area contributed by atoms with Gasteiger partial charge in [0.25, 0.3) is 5.56 Å². The lowest BCUT2D eigenvalue weighted by Gasteiger charge is -2.08. The third-order valence-electron chi connectivity index (χ3n) is 3.71. The van der Waals surface area contributed by atoms with Crippen molar-refractivity contribution in [3.63, 3.8) is 0 Å². The third kappa shape index (κ3) is 3.30. The highest BCUT2D eigenvalue weighted by molar-refractivity contribution is 7.15. The van der Waals surface area contributed by atoms with E-state index < -0.39 is 0 Å². The van der Waals surface area contributed by atoms with Crippen molar-refractivity contribution in [2.45, 2.75) is 19.8 Å². The molecule has 0 atom stereocenters. The Balaban J connectivity index is 1.69. The Morgan fingerprint density at radius 3 is 2.79 bits per heavy atom. The van der Waals surface area contributed by atoms with Crippen molar-refractivity contribution in [3.8, 4) is 5.75 Å². The summed E-state index contributed by atoms with van der Waals surface area (Å²) >= 11 is 1.38. The van der Waals surface area contributed by atoms with Crippen LogP contribution in [0.4, 0.5) is 5.69 Å². The van der Waals surface area contributed by atoms with E-state index in [0.29, 0.717) is 17.1 Å². The van der Waals surface area contributed by atoms with Gasteiger partial charge in [0, 0.05) is 18.0 Å². The monoisotopic (exact) mass is 343 g/mol. The number of hydrogen-bond acceptors (Lipinski definition) is 5. The summed E-state index contributed by atoms with van der Waals surface area (Å²) in [5, 5.41) is 4.49. The maximum Gasteiger partial charge on any atom is 0.282 e. The molecule has 0 aliphatic heterocycles. The van der Waals surface area contributed by atoms with E-state index in [1.165, 1.54) is 15.7 Å². The number of carbonyl (C=O) groups is 1. The van der Waals surface area contributed by atoms with E-state index in [1.807, 2.05) is 24.3 Å². The van der Waals surface area contributed by atoms with Gasteiger partial charge in [0.15, 0.2) is 4.96 Å². The van der Waals surface area contributed by atoms with Gasteiger partial charge in [-0.1, -0.05) is 12.1 Å². The molecule has 7 heteroatoms. The number of methoxy groups -OCH3 is 1. The first kappa shape index (κ1) is 16.2. The van der Waals surface area contributed by atoms with E-state index in [1.54, 1.807) is 25.6 Å². The second-order valence-corrected chi connectivity index (χ2v) is 6.20. The predicted octanol–water partition coefficient (Wildman–Crippen LogP) is 2.64. The highest BCUT2D eigenvalue weighted by Gasteiger charge is 2.13. The number of hydrogen-bond donors (Lipinski definition) is 1. The van der Waals surface area contributed by atoms with Gasteiger partial charge in [-0.3, -0.25) is 14.0 Å². The van der Waals surface area contributed by atoms with Gasteiger partial charge in [-0.25, -0.2) is 4.98 Å². The summed E-state index contributed by atoms with van der Waals surface area (Å²) in [6.45, 7) is 1.72. The normalized spacial score (nSPS) is 10.8. The molecule has 0 saturated heterocycles. The summed E-state index contributed by atoms with van der Waals surface area (Å²) in [4.78, 5) is 29.5. The Morgan fingerprint density at radius 1 is 1.33 bits per heavy atom. The SMILES string of the molecule is COc1ccc(CCC(=O)Nc2c(C)nc3sccn3c2=O)cc1. The van der Waals surface area contributed by atoms with E-state index in [4.69, 9.17) is 4.74 Å². The number of amides is 1. The molecule has 1 N–H and O–H groups in total. The van der Waals surface area contributed by atoms with Crippen LogP contribution in [0.1, 0.15) is 17.7 Å². The highest BCUT2D eigenvalue weighted by Crippen LogP contribution is 2.15. The van der Waals surface area contributed by atoms with Gasteiger partial charge >= 0.3 is 0 Å². The fourth-order valence-corrected chi connectivity index (χ4v) is 3.13. The van der Waals surface area contributed by atoms with Gasteiger partial charge in [-0.2, -0.15) is 0 Å². The second kappa shape index (κ2) is 6.84. The van der Waals surface area contributed by atoms with E-state index in [2.05, 4.69) is 10.3 Å². The lowest BCUT2D eigenvalue weighted by Crippen LogP contribution is -2.24. The van der Waals surface area contributed by atoms with Crippen LogP contribution in [-0.2, 0) is 11.2 Å². The Hall–Kier alpha value is -2.67. The zero-order valence-electron chi connectivity index (χ0n) is 13.4. The molecule has 0 saturated carbocycles. The fourth-order valence-electron chi connectivity index (χ4n) is 2.38. The van der Waals surface area contributed by atoms with Crippen LogP contribution in [0.2, 0.25) is 0 Å². The summed E-state index contributed by atoms with van der Waals surface area (Å²) in [6.07, 6.45) is 2.53. The number of benzene rings is 1. The number of ether oxygens (including phenoxy) is 1. The van der Waals surface area contributed by atoms with Crippen molar-refractivity contribution in [2.75, 3.05) is 12.4 Å². The molecule has 6 nitrogen and oxygen atoms in total. The molecule has 124 valence electrons. The molecule has 1 aromatic carbocycles. The first-order valence-electron chi connectivity index (χ1n) is 7.47. The van der Waals surface area contributed by atoms with E-state index >= 15 is 0 Å². The highest BCUT2D eigenvalue weighted by atomic mass is 32.1. The van der Waals surface area contributed by atoms with Crippen LogP contribution in [-0.4, -0.2) is 22.4 Å². The van der Waals surface area contributed by atoms with Gasteiger partial charge in [-0.15, -0.1) is 11.3 Å². The third-order valence-corrected chi connectivity index (χ3v) is 4.47. The largest absolute Gasteiger partial charge is 0.497 e. The predicted molar refractivity (Wildman–Crippen MR) is 94.0 cm³/mol. The molecular weight excluding hydrogens is 326 g/mol. The van der Waals surface area contributed by atoms with Crippen molar-refractivity contribution >= 4 is 27.9 Å². The van der Waals surface area contributed by atoms with E-state index in [-0.39, 0.29) is 23.6 Å². The summed E-state index contributed by atoms with van der Waals surface area (Å²) in [6, 6.07) is 7.56. The number of fused-ring (bicyclic) bond motifs is 1. The minimum absolute atomic E-state index is 0.206. The number of thiazole rings is 1. The summed E-state index contributed by atoms with van der Waals surface area (Å²) in [5.41, 5.74) is 1.55. The van der Waals surface area contributed by atoms with Crippen LogP contribution in [0.25, 0.3) is 4.96 Å². The quantitative estimate of drug-likeness (QED) is 0.773. The van der Waals surface area contributed by atoms with Crippen molar-refractivity contribution in [2.24, 2.45) is 0 Å². The molecule has 0 fully saturated rings. The minimum atomic E-state index is -0.253. The van der Waals surface area contributed by atoms with Crippen molar-refractivity contribution in [1.82, 2.24) is 9.38 Å². The Morgan fingerprint density at radius 2 is 2.08 bits per heavy atom. The summed E-state index contributed by atoms with van der Waals surface area (Å²) < 4.78 is 6.55. The van der Waals surface area contributed by atoms with Gasteiger partial charge in [0.1, 0.15) is 11.4 Å². The van der Waals surface area contributed by atoms with E-state index in [0.717, 1.165) is 11.3 Å². The van der Waals surface area contributed by atoms with Crippen LogP contribution in [0.15, 0.2) is 40.6 Å². The van der Waals surface area contributed by atoms with Crippen LogP contribution in [0, 0.1) is 6.92 Å². The van der Waals surface area contributed by atoms with Crippen LogP contribution in [0.3, 0.4) is 0 Å². The van der Waals surface area contributed by atoms with Gasteiger partial charge < -0.3 is 10.1 Å². The number of rotatable bonds is 5. The van der Waals surface area contributed by atoms with Gasteiger partial charge in [-0.05, 0) is 31.0 Å². The van der Waals surface area contributed by atoms with Crippen molar-refractivity contribution < 1.29 is 9.53 Å². The molecule has 1 amide bonds. The maximum absolute atomic E-state index is 12.4. The molecule has 2 aromatic heterocycles. The first-order valence-corrected chi connectivity index (χ1v) is 8.35. The first-order chi connectivity index (χ1) is 11.6. The summed E-state index contributed by atoms with van der Waals surface area (Å²) in [5.74, 6) is 0.574. The van der Waals surface area contributed by atoms with Crippen molar-refractivity contribution in [3.05, 3.63) is 57.5 Å². The molecule has 24 heavy (non-hydrogen) atoms. The van der Waals surface area contributed by atoms with Crippen LogP contribution >= 0.6 is 11.3 Å². The average Bonchev–Trinajstić information content (AvgIpc) is 3.05. The summed E-state index contributed by atoms with van der Waals surface area (Å²) in [7, 11) is 1.61. The number of aryl methyl sites for hydroxylation is 2. The standard InChI is InChI=1S/C17H17N3O3S/c1-11-15(16(22)20-9-10-24-17(20)18-11)19-14(21)8-5-12-3-6-13(23-2)7-4-12/h3-4,6-7,9-10H,5,8H2,1-2H3,(H,19,21). The van der Waals surface area contributed by atoms with Crippen molar-refractivity contribution in [1.29, 1.82) is 0 Å². The fraction of sp³-hybridized carbons (Fsp3) is 0.235. The molecule has 0 aliphatic carbocycles. The topological polar surface area (TPSA) is 72.7 Å². The molecule has 3 aromatic rings. The Kier molecular flexibility index (Phi) is 4.61. The molecule has 0 radical (unpaired) electrons. The van der Waals surface area contributed by atoms with Crippen LogP contribution < -0.4 is 15.6 Å². The van der Waals surface area contributed by atoms with Crippen LogP contribution in [0.5, 0.6) is 5.75 Å². The lowest BCUT2D eigenvalue weighted by molar-refractivity contribution is -0.116. The number of anilines is 1. The maximum atomic E-state index is 12.4. The van der Waals surface area contributed by atoms with Gasteiger partial charge in [0.05, 0.1) is 12.8 Å². The zero-order chi connectivity index (χ0) is 17.1. The molecule has 0 unspecified atom stereocenters. The Bertz CT molecular complexity index is 928. The molecule has 0 bridgehead atoms. The number of carbonyl (C=O) groups excluding carboxylic acids is 1. The lowest BCUT2D eigenvalue weighted by atomic mass is 10.1. The smallest absolute Gasteiger partial charge is 0.282 e. The Labute approximate surface area is 142 Å². The number of aromatic nitrogens is 2. The van der Waals surface area contributed by atoms with Gasteiger partial charge in [0.2, 0.25) is 5.91 Å². The number of nitrogens with one attached hydrogen (secondary N) is 1. The second-order valence-electron chi connectivity index (χ2n) is 5.33. The molecule has 0 spiro atoms. The average molecular weight is 343 g/mol. The minimum Gasteiger partial charge on any atom is -0.497 e. The molecule has 3 rings (SSSR count). The van der Waals surface area contributed by atoms with E-state index in [9.17, 15) is 9.59 Å².